The van der Waals surface area contributed by atoms with Gasteiger partial charge in [-0.2, -0.15) is 0 Å². The molecule has 0 radical (unpaired) electrons. The van der Waals surface area contributed by atoms with Crippen LogP contribution in [0.3, 0.4) is 0 Å². The number of thiophene rings is 1. The molecule has 4 heterocycles. The van der Waals surface area contributed by atoms with E-state index in [0.29, 0.717) is 34.1 Å². The number of benzene rings is 2. The van der Waals surface area contributed by atoms with E-state index in [1.165, 1.54) is 11.3 Å². The number of imidazole rings is 1. The molecular formula is C33H28N6O3S. The van der Waals surface area contributed by atoms with E-state index < -0.39 is 0 Å². The van der Waals surface area contributed by atoms with Crippen molar-refractivity contribution in [1.82, 2.24) is 19.5 Å². The van der Waals surface area contributed by atoms with Gasteiger partial charge in [0.1, 0.15) is 6.10 Å². The lowest BCUT2D eigenvalue weighted by Crippen LogP contribution is -2.26. The van der Waals surface area contributed by atoms with Crippen molar-refractivity contribution in [3.63, 3.8) is 0 Å². The molecule has 6 rings (SSSR count). The van der Waals surface area contributed by atoms with Gasteiger partial charge in [-0.05, 0) is 66.2 Å². The highest BCUT2D eigenvalue weighted by Crippen LogP contribution is 2.31. The number of pyridine rings is 2. The third kappa shape index (κ3) is 5.92. The van der Waals surface area contributed by atoms with Crippen LogP contribution >= 0.6 is 11.3 Å². The van der Waals surface area contributed by atoms with Gasteiger partial charge in [0.05, 0.1) is 22.5 Å². The molecule has 6 aromatic rings. The molecule has 2 aromatic carbocycles. The summed E-state index contributed by atoms with van der Waals surface area (Å²) in [6.07, 6.45) is 6.59. The lowest BCUT2D eigenvalue weighted by molar-refractivity contribution is 0.0887. The molecule has 0 aliphatic carbocycles. The van der Waals surface area contributed by atoms with Crippen LogP contribution in [0.5, 0.6) is 0 Å². The molecule has 1 atom stereocenters. The van der Waals surface area contributed by atoms with Gasteiger partial charge in [-0.15, -0.1) is 11.3 Å². The first kappa shape index (κ1) is 28.0. The molecule has 1 N–H and O–H groups in total. The van der Waals surface area contributed by atoms with Gasteiger partial charge in [0.2, 0.25) is 5.95 Å². The van der Waals surface area contributed by atoms with Crippen LogP contribution in [0.4, 0.5) is 11.6 Å². The van der Waals surface area contributed by atoms with Gasteiger partial charge in [-0.3, -0.25) is 24.9 Å². The minimum Gasteiger partial charge on any atom is -0.375 e. The predicted octanol–water partition coefficient (Wildman–Crippen LogP) is 6.47. The maximum absolute atomic E-state index is 13.5. The van der Waals surface area contributed by atoms with Crippen LogP contribution in [0.2, 0.25) is 0 Å². The predicted molar refractivity (Wildman–Crippen MR) is 168 cm³/mol. The van der Waals surface area contributed by atoms with Gasteiger partial charge in [0.15, 0.2) is 0 Å². The third-order valence-electron chi connectivity index (χ3n) is 7.15. The van der Waals surface area contributed by atoms with E-state index in [1.54, 1.807) is 62.0 Å². The van der Waals surface area contributed by atoms with Crippen molar-refractivity contribution < 1.29 is 14.3 Å². The van der Waals surface area contributed by atoms with Gasteiger partial charge < -0.3 is 14.2 Å². The summed E-state index contributed by atoms with van der Waals surface area (Å²) in [5.74, 6) is -0.0283. The van der Waals surface area contributed by atoms with Gasteiger partial charge >= 0.3 is 0 Å². The topological polar surface area (TPSA) is 102 Å². The number of carbonyl (C=O) groups excluding carboxylic acids is 2. The van der Waals surface area contributed by atoms with Crippen molar-refractivity contribution in [2.75, 3.05) is 24.4 Å². The Balaban J connectivity index is 1.35. The molecule has 43 heavy (non-hydrogen) atoms. The molecule has 0 fully saturated rings. The summed E-state index contributed by atoms with van der Waals surface area (Å²) in [5, 5.41) is 3.02. The number of ether oxygens (including phenoxy) is 1. The van der Waals surface area contributed by atoms with Gasteiger partial charge in [-0.25, -0.2) is 4.98 Å². The summed E-state index contributed by atoms with van der Waals surface area (Å²) in [6, 6.07) is 26.1. The van der Waals surface area contributed by atoms with Crippen LogP contribution in [-0.4, -0.2) is 45.5 Å². The lowest BCUT2D eigenvalue weighted by atomic mass is 10.1. The molecule has 0 spiro atoms. The Morgan fingerprint density at radius 2 is 1.77 bits per heavy atom. The standard InChI is InChI=1S/C33H28N6O3S/c1-38(32(41)23-7-4-3-5-8-23)25-10-11-27-26(19-25)36-33(39(27)21-28(42-2)24-9-6-16-35-20-24)37-31(40)30-13-12-29(43-30)22-14-17-34-18-15-22/h3-20,28H,21H2,1-2H3,(H,36,37,40)/t28-/m0/s1. The second-order valence-corrected chi connectivity index (χ2v) is 10.9. The molecule has 0 bridgehead atoms. The van der Waals surface area contributed by atoms with E-state index in [1.807, 2.05) is 71.3 Å². The van der Waals surface area contributed by atoms with Crippen molar-refractivity contribution >= 4 is 45.8 Å². The highest BCUT2D eigenvalue weighted by molar-refractivity contribution is 7.17. The van der Waals surface area contributed by atoms with Crippen molar-refractivity contribution in [3.05, 3.63) is 126 Å². The highest BCUT2D eigenvalue weighted by Gasteiger charge is 2.22. The summed E-state index contributed by atoms with van der Waals surface area (Å²) in [5.41, 5.74) is 4.57. The number of rotatable bonds is 9. The number of hydrogen-bond donors (Lipinski definition) is 1. The Morgan fingerprint density at radius 1 is 0.953 bits per heavy atom. The molecule has 0 saturated carbocycles. The van der Waals surface area contributed by atoms with Gasteiger partial charge in [0.25, 0.3) is 11.8 Å². The molecule has 0 aliphatic rings. The minimum absolute atomic E-state index is 0.133. The number of methoxy groups -OCH3 is 1. The van der Waals surface area contributed by atoms with Crippen molar-refractivity contribution in [2.24, 2.45) is 0 Å². The Kier molecular flexibility index (Phi) is 8.03. The Bertz CT molecular complexity index is 1870. The van der Waals surface area contributed by atoms with Gasteiger partial charge in [0, 0.05) is 60.6 Å². The summed E-state index contributed by atoms with van der Waals surface area (Å²) in [4.78, 5) is 42.8. The van der Waals surface area contributed by atoms with E-state index in [-0.39, 0.29) is 17.9 Å². The van der Waals surface area contributed by atoms with Crippen LogP contribution in [0, 0.1) is 0 Å². The Morgan fingerprint density at radius 3 is 2.51 bits per heavy atom. The van der Waals surface area contributed by atoms with Crippen molar-refractivity contribution in [2.45, 2.75) is 12.6 Å². The van der Waals surface area contributed by atoms with Crippen LogP contribution in [0.25, 0.3) is 21.5 Å². The zero-order valence-corrected chi connectivity index (χ0v) is 24.4. The highest BCUT2D eigenvalue weighted by atomic mass is 32.1. The van der Waals surface area contributed by atoms with Crippen LogP contribution in [0.1, 0.15) is 31.7 Å². The molecule has 4 aromatic heterocycles. The first-order valence-corrected chi connectivity index (χ1v) is 14.4. The SMILES string of the molecule is CO[C@@H](Cn1c(NC(=O)c2ccc(-c3ccncc3)s2)nc2cc(N(C)C(=O)c3ccccc3)ccc21)c1cccnc1. The summed E-state index contributed by atoms with van der Waals surface area (Å²) in [7, 11) is 3.38. The van der Waals surface area contributed by atoms with Gasteiger partial charge in [-0.1, -0.05) is 24.3 Å². The maximum Gasteiger partial charge on any atom is 0.268 e. The van der Waals surface area contributed by atoms with E-state index in [4.69, 9.17) is 9.72 Å². The number of carbonyl (C=O) groups is 2. The third-order valence-corrected chi connectivity index (χ3v) is 8.29. The molecular weight excluding hydrogens is 560 g/mol. The normalized spacial score (nSPS) is 11.8. The first-order chi connectivity index (χ1) is 21.0. The second kappa shape index (κ2) is 12.4. The maximum atomic E-state index is 13.5. The lowest BCUT2D eigenvalue weighted by Gasteiger charge is -2.19. The fourth-order valence-electron chi connectivity index (χ4n) is 4.84. The van der Waals surface area contributed by atoms with E-state index in [9.17, 15) is 9.59 Å². The number of fused-ring (bicyclic) bond motifs is 1. The summed E-state index contributed by atoms with van der Waals surface area (Å²) >= 11 is 1.39. The van der Waals surface area contributed by atoms with E-state index in [0.717, 1.165) is 21.5 Å². The monoisotopic (exact) mass is 588 g/mol. The largest absolute Gasteiger partial charge is 0.375 e. The number of aromatic nitrogens is 4. The second-order valence-electron chi connectivity index (χ2n) is 9.81. The minimum atomic E-state index is -0.344. The molecule has 10 heteroatoms. The van der Waals surface area contributed by atoms with Crippen molar-refractivity contribution in [3.8, 4) is 10.4 Å². The zero-order chi connectivity index (χ0) is 29.8. The fourth-order valence-corrected chi connectivity index (χ4v) is 5.75. The number of amides is 2. The molecule has 9 nitrogen and oxygen atoms in total. The number of nitrogens with one attached hydrogen (secondary N) is 1. The first-order valence-electron chi connectivity index (χ1n) is 13.6. The number of hydrogen-bond acceptors (Lipinski definition) is 7. The van der Waals surface area contributed by atoms with Crippen LogP contribution in [0.15, 0.2) is 110 Å². The van der Waals surface area contributed by atoms with Crippen LogP contribution in [-0.2, 0) is 11.3 Å². The summed E-state index contributed by atoms with van der Waals surface area (Å²) in [6.45, 7) is 0.374. The quantitative estimate of drug-likeness (QED) is 0.208. The van der Waals surface area contributed by atoms with Crippen LogP contribution < -0.4 is 10.2 Å². The summed E-state index contributed by atoms with van der Waals surface area (Å²) < 4.78 is 7.77. The molecule has 0 unspecified atom stereocenters. The molecule has 0 aliphatic heterocycles. The zero-order valence-electron chi connectivity index (χ0n) is 23.5. The molecule has 2 amide bonds. The fraction of sp³-hybridized carbons (Fsp3) is 0.121. The average molecular weight is 589 g/mol. The molecule has 214 valence electrons. The van der Waals surface area contributed by atoms with E-state index >= 15 is 0 Å². The molecule has 0 saturated heterocycles. The smallest absolute Gasteiger partial charge is 0.268 e. The Labute approximate surface area is 252 Å². The number of nitrogens with zero attached hydrogens (tertiary/aromatic N) is 5. The van der Waals surface area contributed by atoms with E-state index in [2.05, 4.69) is 15.3 Å². The number of anilines is 2. The van der Waals surface area contributed by atoms with Crippen molar-refractivity contribution in [1.29, 1.82) is 0 Å². The Hall–Kier alpha value is -5.19. The average Bonchev–Trinajstić information content (AvgIpc) is 3.69.